The Labute approximate surface area is 243 Å². The van der Waals surface area contributed by atoms with Crippen LogP contribution in [0, 0.1) is 17.6 Å². The number of piperazine rings is 1. The Morgan fingerprint density at radius 2 is 1.34 bits per heavy atom. The molecule has 5 nitrogen and oxygen atoms in total. The number of carbonyl (C=O) groups excluding carboxylic acids is 1. The van der Waals surface area contributed by atoms with Crippen molar-refractivity contribution in [3.63, 3.8) is 0 Å². The minimum atomic E-state index is -0.292. The maximum absolute atomic E-state index is 13.7. The van der Waals surface area contributed by atoms with E-state index in [1.807, 2.05) is 49.9 Å². The second-order valence-electron chi connectivity index (χ2n) is 12.3. The lowest BCUT2D eigenvalue weighted by Gasteiger charge is -2.41. The highest BCUT2D eigenvalue weighted by Crippen LogP contribution is 2.30. The molecule has 0 spiro atoms. The molecular weight excluding hydrogens is 520 g/mol. The van der Waals surface area contributed by atoms with Gasteiger partial charge in [0.1, 0.15) is 23.0 Å². The van der Waals surface area contributed by atoms with Gasteiger partial charge in [0.15, 0.2) is 0 Å². The van der Waals surface area contributed by atoms with Crippen LogP contribution < -0.4 is 10.1 Å². The van der Waals surface area contributed by atoms with Gasteiger partial charge in [-0.3, -0.25) is 9.69 Å². The van der Waals surface area contributed by atoms with E-state index in [0.29, 0.717) is 38.6 Å². The third-order valence-electron chi connectivity index (χ3n) is 7.27. The molecule has 1 heterocycles. The van der Waals surface area contributed by atoms with Crippen LogP contribution in [-0.2, 0) is 11.3 Å². The van der Waals surface area contributed by atoms with E-state index in [1.165, 1.54) is 24.3 Å². The molecular formula is C34H43F2N3O2. The van der Waals surface area contributed by atoms with E-state index in [2.05, 4.69) is 24.1 Å². The predicted molar refractivity (Wildman–Crippen MR) is 160 cm³/mol. The fourth-order valence-electron chi connectivity index (χ4n) is 5.34. The average molecular weight is 564 g/mol. The molecule has 0 radical (unpaired) electrons. The molecule has 1 N–H and O–H groups in total. The van der Waals surface area contributed by atoms with E-state index in [0.717, 1.165) is 28.9 Å². The summed E-state index contributed by atoms with van der Waals surface area (Å²) in [4.78, 5) is 17.9. The molecule has 1 saturated heterocycles. The Morgan fingerprint density at radius 1 is 0.829 bits per heavy atom. The fourth-order valence-corrected chi connectivity index (χ4v) is 5.34. The number of benzene rings is 3. The third-order valence-corrected chi connectivity index (χ3v) is 7.27. The van der Waals surface area contributed by atoms with E-state index in [4.69, 9.17) is 4.74 Å². The second kappa shape index (κ2) is 13.6. The van der Waals surface area contributed by atoms with Gasteiger partial charge in [0.05, 0.1) is 12.1 Å². The van der Waals surface area contributed by atoms with Gasteiger partial charge in [-0.25, -0.2) is 8.78 Å². The van der Waals surface area contributed by atoms with Crippen molar-refractivity contribution in [2.75, 3.05) is 26.2 Å². The van der Waals surface area contributed by atoms with Gasteiger partial charge in [-0.2, -0.15) is 0 Å². The Hall–Kier alpha value is -3.29. The minimum absolute atomic E-state index is 0.117. The van der Waals surface area contributed by atoms with E-state index in [1.54, 1.807) is 24.3 Å². The van der Waals surface area contributed by atoms with E-state index < -0.39 is 0 Å². The molecule has 41 heavy (non-hydrogen) atoms. The molecule has 1 fully saturated rings. The molecule has 0 aliphatic carbocycles. The fraction of sp³-hybridized carbons (Fsp3) is 0.441. The number of nitrogens with zero attached hydrogens (tertiary/aromatic N) is 2. The van der Waals surface area contributed by atoms with Crippen LogP contribution in [0.4, 0.5) is 8.78 Å². The average Bonchev–Trinajstić information content (AvgIpc) is 2.93. The van der Waals surface area contributed by atoms with Crippen molar-refractivity contribution in [3.8, 4) is 5.75 Å². The smallest absolute Gasteiger partial charge is 0.239 e. The van der Waals surface area contributed by atoms with Gasteiger partial charge in [0, 0.05) is 32.7 Å². The maximum Gasteiger partial charge on any atom is 0.239 e. The van der Waals surface area contributed by atoms with E-state index >= 15 is 0 Å². The first-order chi connectivity index (χ1) is 19.5. The van der Waals surface area contributed by atoms with Crippen LogP contribution in [0.15, 0.2) is 72.8 Å². The lowest BCUT2D eigenvalue weighted by molar-refractivity contribution is -0.136. The topological polar surface area (TPSA) is 44.8 Å². The summed E-state index contributed by atoms with van der Waals surface area (Å²) >= 11 is 0. The number of halogens is 2. The summed E-state index contributed by atoms with van der Waals surface area (Å²) in [5.74, 6) is 0.723. The first-order valence-electron chi connectivity index (χ1n) is 14.5. The normalized spacial score (nSPS) is 15.4. The Kier molecular flexibility index (Phi) is 10.2. The van der Waals surface area contributed by atoms with Crippen molar-refractivity contribution in [2.45, 2.75) is 65.3 Å². The highest BCUT2D eigenvalue weighted by molar-refractivity contribution is 5.82. The highest BCUT2D eigenvalue weighted by atomic mass is 19.1. The molecule has 0 bridgehead atoms. The van der Waals surface area contributed by atoms with E-state index in [-0.39, 0.29) is 35.2 Å². The number of amides is 1. The molecule has 3 aromatic carbocycles. The summed E-state index contributed by atoms with van der Waals surface area (Å²) in [7, 11) is 0. The molecule has 1 atom stereocenters. The Morgan fingerprint density at radius 3 is 1.80 bits per heavy atom. The molecule has 1 aliphatic heterocycles. The standard InChI is InChI=1S/C34H43F2N3O2/c1-24(2)22-31(37-23-25-6-16-30(17-7-25)41-34(3,4)5)33(40)39-20-18-38(19-21-39)32(26-8-12-28(35)13-9-26)27-10-14-29(36)15-11-27/h6-17,24,31-32,37H,18-23H2,1-5H3/t31-/m0/s1. The van der Waals surface area contributed by atoms with Gasteiger partial charge in [0.25, 0.3) is 0 Å². The number of hydrogen-bond acceptors (Lipinski definition) is 4. The summed E-state index contributed by atoms with van der Waals surface area (Å²) in [5.41, 5.74) is 2.72. The first kappa shape index (κ1) is 30.7. The number of nitrogens with one attached hydrogen (secondary N) is 1. The van der Waals surface area contributed by atoms with Gasteiger partial charge in [-0.1, -0.05) is 50.2 Å². The summed E-state index contributed by atoms with van der Waals surface area (Å²) in [6.45, 7) is 13.4. The minimum Gasteiger partial charge on any atom is -0.488 e. The van der Waals surface area contributed by atoms with Crippen LogP contribution in [0.25, 0.3) is 0 Å². The van der Waals surface area contributed by atoms with Gasteiger partial charge in [-0.05, 0) is 86.2 Å². The molecule has 0 unspecified atom stereocenters. The lowest BCUT2D eigenvalue weighted by Crippen LogP contribution is -2.54. The quantitative estimate of drug-likeness (QED) is 0.303. The van der Waals surface area contributed by atoms with Crippen LogP contribution in [0.1, 0.15) is 63.8 Å². The summed E-state index contributed by atoms with van der Waals surface area (Å²) in [5, 5.41) is 3.51. The molecule has 3 aromatic rings. The van der Waals surface area contributed by atoms with E-state index in [9.17, 15) is 13.6 Å². The van der Waals surface area contributed by atoms with Gasteiger partial charge >= 0.3 is 0 Å². The Bertz CT molecular complexity index is 1200. The van der Waals surface area contributed by atoms with Crippen LogP contribution in [0.2, 0.25) is 0 Å². The van der Waals surface area contributed by atoms with Crippen molar-refractivity contribution in [1.82, 2.24) is 15.1 Å². The number of carbonyl (C=O) groups is 1. The predicted octanol–water partition coefficient (Wildman–Crippen LogP) is 6.58. The number of ether oxygens (including phenoxy) is 1. The van der Waals surface area contributed by atoms with Gasteiger partial charge in [-0.15, -0.1) is 0 Å². The summed E-state index contributed by atoms with van der Waals surface area (Å²) in [6, 6.07) is 20.5. The van der Waals surface area contributed by atoms with Crippen LogP contribution in [-0.4, -0.2) is 53.5 Å². The lowest BCUT2D eigenvalue weighted by atomic mass is 9.96. The van der Waals surface area contributed by atoms with Crippen LogP contribution in [0.3, 0.4) is 0 Å². The molecule has 1 aliphatic rings. The largest absolute Gasteiger partial charge is 0.488 e. The molecule has 4 rings (SSSR count). The van der Waals surface area contributed by atoms with Crippen LogP contribution in [0.5, 0.6) is 5.75 Å². The zero-order chi connectivity index (χ0) is 29.6. The molecule has 0 saturated carbocycles. The summed E-state index contributed by atoms with van der Waals surface area (Å²) in [6.07, 6.45) is 0.748. The van der Waals surface area contributed by atoms with Gasteiger partial charge < -0.3 is 15.0 Å². The maximum atomic E-state index is 13.7. The van der Waals surface area contributed by atoms with Crippen molar-refractivity contribution < 1.29 is 18.3 Å². The molecule has 0 aromatic heterocycles. The Balaban J connectivity index is 1.41. The van der Waals surface area contributed by atoms with Crippen LogP contribution >= 0.6 is 0 Å². The molecule has 1 amide bonds. The monoisotopic (exact) mass is 563 g/mol. The van der Waals surface area contributed by atoms with Crippen molar-refractivity contribution in [2.24, 2.45) is 5.92 Å². The SMILES string of the molecule is CC(C)C[C@H](NCc1ccc(OC(C)(C)C)cc1)C(=O)N1CCN(C(c2ccc(F)cc2)c2ccc(F)cc2)CC1. The second-order valence-corrected chi connectivity index (χ2v) is 12.3. The van der Waals surface area contributed by atoms with Crippen molar-refractivity contribution in [1.29, 1.82) is 0 Å². The number of rotatable bonds is 10. The summed E-state index contributed by atoms with van der Waals surface area (Å²) < 4.78 is 33.3. The first-order valence-corrected chi connectivity index (χ1v) is 14.5. The van der Waals surface area contributed by atoms with Gasteiger partial charge in [0.2, 0.25) is 5.91 Å². The third kappa shape index (κ3) is 8.85. The van der Waals surface area contributed by atoms with Crippen molar-refractivity contribution in [3.05, 3.63) is 101 Å². The molecule has 220 valence electrons. The molecule has 7 heteroatoms. The zero-order valence-corrected chi connectivity index (χ0v) is 24.9. The highest BCUT2D eigenvalue weighted by Gasteiger charge is 2.31. The number of hydrogen-bond donors (Lipinski definition) is 1. The van der Waals surface area contributed by atoms with Crippen molar-refractivity contribution >= 4 is 5.91 Å². The zero-order valence-electron chi connectivity index (χ0n) is 24.9.